The summed E-state index contributed by atoms with van der Waals surface area (Å²) in [6.45, 7) is 4.24. The first-order valence-corrected chi connectivity index (χ1v) is 12.5. The molecule has 1 saturated heterocycles. The lowest BCUT2D eigenvalue weighted by molar-refractivity contribution is -0.118. The number of rotatable bonds is 4. The Morgan fingerprint density at radius 2 is 1.84 bits per heavy atom. The van der Waals surface area contributed by atoms with Crippen molar-refractivity contribution in [2.24, 2.45) is 0 Å². The van der Waals surface area contributed by atoms with Gasteiger partial charge in [-0.2, -0.15) is 4.72 Å². The van der Waals surface area contributed by atoms with E-state index in [0.717, 1.165) is 41.5 Å². The van der Waals surface area contributed by atoms with Crippen LogP contribution in [0.4, 0.5) is 5.69 Å². The van der Waals surface area contributed by atoms with Crippen molar-refractivity contribution in [1.82, 2.24) is 10.0 Å². The van der Waals surface area contributed by atoms with Gasteiger partial charge < -0.3 is 10.2 Å². The smallest absolute Gasteiger partial charge is 0.245 e. The second-order valence-corrected chi connectivity index (χ2v) is 10.6. The largest absolute Gasteiger partial charge is 0.312 e. The van der Waals surface area contributed by atoms with Crippen LogP contribution in [0.2, 0.25) is 5.02 Å². The van der Waals surface area contributed by atoms with Crippen LogP contribution >= 0.6 is 11.6 Å². The minimum absolute atomic E-state index is 0.135. The molecule has 0 bridgehead atoms. The van der Waals surface area contributed by atoms with Crippen LogP contribution in [0.3, 0.4) is 0 Å². The first kappa shape index (κ1) is 21.4. The number of amides is 1. The van der Waals surface area contributed by atoms with Crippen molar-refractivity contribution in [3.63, 3.8) is 0 Å². The third-order valence-corrected chi connectivity index (χ3v) is 7.99. The summed E-state index contributed by atoms with van der Waals surface area (Å²) in [5.74, 6) is -0.210. The number of nitrogens with one attached hydrogen (secondary N) is 2. The summed E-state index contributed by atoms with van der Waals surface area (Å²) >= 11 is 6.02. The minimum Gasteiger partial charge on any atom is -0.312 e. The molecule has 1 unspecified atom stereocenters. The molecule has 0 aliphatic carbocycles. The number of hydrogen-bond donors (Lipinski definition) is 2. The quantitative estimate of drug-likeness (QED) is 0.612. The first-order chi connectivity index (χ1) is 15.3. The third-order valence-electron chi connectivity index (χ3n) is 6.28. The summed E-state index contributed by atoms with van der Waals surface area (Å²) in [7, 11) is -3.85. The molecule has 3 aromatic carbocycles. The van der Waals surface area contributed by atoms with Crippen molar-refractivity contribution in [1.29, 1.82) is 0 Å². The summed E-state index contributed by atoms with van der Waals surface area (Å²) < 4.78 is 28.7. The number of sulfonamides is 1. The zero-order valence-electron chi connectivity index (χ0n) is 17.7. The lowest BCUT2D eigenvalue weighted by Crippen LogP contribution is -2.41. The highest BCUT2D eigenvalue weighted by Crippen LogP contribution is 2.30. The second-order valence-electron chi connectivity index (χ2n) is 8.44. The fourth-order valence-electron chi connectivity index (χ4n) is 4.58. The van der Waals surface area contributed by atoms with Gasteiger partial charge in [0.2, 0.25) is 15.9 Å². The molecule has 0 saturated carbocycles. The summed E-state index contributed by atoms with van der Waals surface area (Å²) in [5, 5.41) is 5.59. The van der Waals surface area contributed by atoms with Crippen LogP contribution in [0.5, 0.6) is 0 Å². The van der Waals surface area contributed by atoms with Crippen molar-refractivity contribution >= 4 is 44.0 Å². The monoisotopic (exact) mass is 469 g/mol. The number of carbonyl (C=O) groups is 1. The van der Waals surface area contributed by atoms with Gasteiger partial charge in [0.25, 0.3) is 0 Å². The fraction of sp³-hybridized carbons (Fsp3) is 0.292. The molecular formula is C24H24ClN3O3S. The maximum Gasteiger partial charge on any atom is 0.245 e. The predicted octanol–water partition coefficient (Wildman–Crippen LogP) is 3.53. The van der Waals surface area contributed by atoms with Crippen molar-refractivity contribution in [3.8, 4) is 0 Å². The van der Waals surface area contributed by atoms with E-state index in [-0.39, 0.29) is 10.8 Å². The van der Waals surface area contributed by atoms with Gasteiger partial charge in [-0.1, -0.05) is 29.8 Å². The van der Waals surface area contributed by atoms with E-state index in [1.54, 1.807) is 41.3 Å². The van der Waals surface area contributed by atoms with Crippen molar-refractivity contribution in [2.75, 3.05) is 18.0 Å². The lowest BCUT2D eigenvalue weighted by atomic mass is 9.97. The molecule has 166 valence electrons. The highest BCUT2D eigenvalue weighted by atomic mass is 35.5. The minimum atomic E-state index is -3.85. The van der Waals surface area contributed by atoms with Gasteiger partial charge in [-0.05, 0) is 84.1 Å². The van der Waals surface area contributed by atoms with Gasteiger partial charge in [0.15, 0.2) is 0 Å². The topological polar surface area (TPSA) is 78.5 Å². The average Bonchev–Trinajstić information content (AvgIpc) is 3.12. The number of fused-ring (bicyclic) bond motifs is 2. The molecule has 0 spiro atoms. The van der Waals surface area contributed by atoms with Crippen LogP contribution in [0.15, 0.2) is 53.4 Å². The third kappa shape index (κ3) is 3.90. The van der Waals surface area contributed by atoms with E-state index >= 15 is 0 Å². The molecule has 2 aliphatic heterocycles. The number of aryl methyl sites for hydroxylation is 1. The van der Waals surface area contributed by atoms with E-state index < -0.39 is 16.1 Å². The molecule has 1 fully saturated rings. The number of benzene rings is 3. The van der Waals surface area contributed by atoms with Gasteiger partial charge in [0.05, 0.1) is 4.90 Å². The Balaban J connectivity index is 1.38. The number of carbonyl (C=O) groups excluding carboxylic acids is 1. The highest BCUT2D eigenvalue weighted by molar-refractivity contribution is 7.89. The zero-order valence-corrected chi connectivity index (χ0v) is 19.3. The van der Waals surface area contributed by atoms with Crippen molar-refractivity contribution in [2.45, 2.75) is 37.2 Å². The Morgan fingerprint density at radius 3 is 2.69 bits per heavy atom. The van der Waals surface area contributed by atoms with Crippen LogP contribution < -0.4 is 14.9 Å². The van der Waals surface area contributed by atoms with E-state index in [1.807, 2.05) is 6.92 Å². The molecule has 1 amide bonds. The van der Waals surface area contributed by atoms with Crippen LogP contribution in [-0.4, -0.2) is 33.5 Å². The standard InChI is InChI=1S/C24H24ClN3O3S/c1-15-10-19-14-26-8-6-18(19)13-23(15)28-9-7-22(24(28)29)27-32(30,31)21-5-3-16-11-20(25)4-2-17(16)12-21/h2-5,10-13,22,26-27H,6-9,14H2,1H3. The van der Waals surface area contributed by atoms with E-state index in [9.17, 15) is 13.2 Å². The summed E-state index contributed by atoms with van der Waals surface area (Å²) in [5.41, 5.74) is 4.41. The molecule has 3 aromatic rings. The molecule has 6 nitrogen and oxygen atoms in total. The van der Waals surface area contributed by atoms with Gasteiger partial charge in [0, 0.05) is 23.8 Å². The van der Waals surface area contributed by atoms with Crippen LogP contribution in [0.25, 0.3) is 10.8 Å². The van der Waals surface area contributed by atoms with E-state index in [2.05, 4.69) is 22.2 Å². The fourth-order valence-corrected chi connectivity index (χ4v) is 6.02. The molecule has 5 rings (SSSR count). The van der Waals surface area contributed by atoms with Crippen LogP contribution in [0, 0.1) is 6.92 Å². The van der Waals surface area contributed by atoms with Gasteiger partial charge in [-0.15, -0.1) is 0 Å². The average molecular weight is 470 g/mol. The maximum atomic E-state index is 13.2. The van der Waals surface area contributed by atoms with Crippen LogP contribution in [-0.2, 0) is 27.8 Å². The Labute approximate surface area is 192 Å². The molecule has 8 heteroatoms. The van der Waals surface area contributed by atoms with Gasteiger partial charge >= 0.3 is 0 Å². The zero-order chi connectivity index (χ0) is 22.5. The van der Waals surface area contributed by atoms with E-state index in [4.69, 9.17) is 11.6 Å². The normalized spacial score (nSPS) is 18.9. The van der Waals surface area contributed by atoms with Crippen molar-refractivity contribution < 1.29 is 13.2 Å². The molecular weight excluding hydrogens is 446 g/mol. The Morgan fingerprint density at radius 1 is 1.06 bits per heavy atom. The second kappa shape index (κ2) is 8.15. The Kier molecular flexibility index (Phi) is 5.45. The summed E-state index contributed by atoms with van der Waals surface area (Å²) in [6, 6.07) is 13.6. The van der Waals surface area contributed by atoms with E-state index in [1.165, 1.54) is 11.1 Å². The highest BCUT2D eigenvalue weighted by Gasteiger charge is 2.36. The number of anilines is 1. The molecule has 0 aromatic heterocycles. The molecule has 1 atom stereocenters. The van der Waals surface area contributed by atoms with Gasteiger partial charge in [0.1, 0.15) is 6.04 Å². The number of hydrogen-bond acceptors (Lipinski definition) is 4. The van der Waals surface area contributed by atoms with Crippen LogP contribution in [0.1, 0.15) is 23.1 Å². The number of nitrogens with zero attached hydrogens (tertiary/aromatic N) is 1. The molecule has 32 heavy (non-hydrogen) atoms. The molecule has 2 N–H and O–H groups in total. The summed E-state index contributed by atoms with van der Waals surface area (Å²) in [4.78, 5) is 15.0. The van der Waals surface area contributed by atoms with Gasteiger partial charge in [-0.25, -0.2) is 8.42 Å². The SMILES string of the molecule is Cc1cc2c(cc1N1CCC(NS(=O)(=O)c3ccc4cc(Cl)ccc4c3)C1=O)CCNC2. The Bertz CT molecular complexity index is 1340. The molecule has 0 radical (unpaired) electrons. The maximum absolute atomic E-state index is 13.2. The summed E-state index contributed by atoms with van der Waals surface area (Å²) in [6.07, 6.45) is 1.35. The Hall–Kier alpha value is -2.45. The molecule has 2 heterocycles. The van der Waals surface area contributed by atoms with Gasteiger partial charge in [-0.3, -0.25) is 4.79 Å². The lowest BCUT2D eigenvalue weighted by Gasteiger charge is -2.24. The van der Waals surface area contributed by atoms with Crippen molar-refractivity contribution in [3.05, 3.63) is 70.2 Å². The molecule has 2 aliphatic rings. The first-order valence-electron chi connectivity index (χ1n) is 10.7. The van der Waals surface area contributed by atoms with E-state index in [0.29, 0.717) is 18.0 Å². The number of halogens is 1. The predicted molar refractivity (Wildman–Crippen MR) is 127 cm³/mol.